The normalized spacial score (nSPS) is 15.7. The average molecular weight is 439 g/mol. The highest BCUT2D eigenvalue weighted by Gasteiger charge is 2.31. The highest BCUT2D eigenvalue weighted by Crippen LogP contribution is 2.36. The minimum absolute atomic E-state index is 0.136. The second kappa shape index (κ2) is 9.47. The maximum atomic E-state index is 13.3. The lowest BCUT2D eigenvalue weighted by atomic mass is 9.86. The minimum Gasteiger partial charge on any atom is -0.484 e. The lowest BCUT2D eigenvalue weighted by Gasteiger charge is -2.36. The van der Waals surface area contributed by atoms with Crippen molar-refractivity contribution in [2.75, 3.05) is 6.61 Å². The van der Waals surface area contributed by atoms with Gasteiger partial charge in [-0.2, -0.15) is 13.2 Å². The molecule has 6 heteroatoms. The fourth-order valence-corrected chi connectivity index (χ4v) is 4.16. The summed E-state index contributed by atoms with van der Waals surface area (Å²) >= 11 is 0. The zero-order valence-corrected chi connectivity index (χ0v) is 17.5. The molecular weight excluding hydrogens is 415 g/mol. The molecule has 0 saturated heterocycles. The number of benzene rings is 3. The third-order valence-electron chi connectivity index (χ3n) is 5.77. The number of rotatable bonds is 6. The van der Waals surface area contributed by atoms with Crippen LogP contribution in [0.3, 0.4) is 0 Å². The van der Waals surface area contributed by atoms with Gasteiger partial charge in [0.1, 0.15) is 5.75 Å². The van der Waals surface area contributed by atoms with Crippen LogP contribution in [0.15, 0.2) is 78.9 Å². The number of fused-ring (bicyclic) bond motifs is 1. The second-order valence-electron chi connectivity index (χ2n) is 7.92. The third kappa shape index (κ3) is 5.13. The Labute approximate surface area is 185 Å². The van der Waals surface area contributed by atoms with Crippen LogP contribution in [0, 0.1) is 0 Å². The molecule has 0 radical (unpaired) electrons. The van der Waals surface area contributed by atoms with Gasteiger partial charge in [-0.25, -0.2) is 0 Å². The monoisotopic (exact) mass is 439 g/mol. The van der Waals surface area contributed by atoms with Crippen LogP contribution in [0.2, 0.25) is 0 Å². The number of carbonyl (C=O) groups excluding carboxylic acids is 1. The first kappa shape index (κ1) is 21.9. The van der Waals surface area contributed by atoms with Crippen LogP contribution in [0.25, 0.3) is 0 Å². The van der Waals surface area contributed by atoms with Gasteiger partial charge in [-0.15, -0.1) is 0 Å². The van der Waals surface area contributed by atoms with Crippen molar-refractivity contribution in [3.05, 3.63) is 101 Å². The van der Waals surface area contributed by atoms with E-state index >= 15 is 0 Å². The zero-order chi connectivity index (χ0) is 22.6. The molecular formula is C26H24F3NO2. The van der Waals surface area contributed by atoms with Crippen molar-refractivity contribution >= 4 is 5.91 Å². The molecule has 32 heavy (non-hydrogen) atoms. The van der Waals surface area contributed by atoms with Crippen molar-refractivity contribution in [3.63, 3.8) is 0 Å². The van der Waals surface area contributed by atoms with Crippen LogP contribution in [0.4, 0.5) is 13.2 Å². The first-order chi connectivity index (χ1) is 15.4. The fraction of sp³-hybridized carbons (Fsp3) is 0.269. The Balaban J connectivity index is 1.59. The van der Waals surface area contributed by atoms with Crippen molar-refractivity contribution in [2.24, 2.45) is 0 Å². The molecule has 0 N–H and O–H groups in total. The second-order valence-corrected chi connectivity index (χ2v) is 7.92. The average Bonchev–Trinajstić information content (AvgIpc) is 2.81. The van der Waals surface area contributed by atoms with Crippen molar-refractivity contribution < 1.29 is 22.7 Å². The Hall–Kier alpha value is -3.28. The number of hydrogen-bond donors (Lipinski definition) is 0. The van der Waals surface area contributed by atoms with Crippen LogP contribution in [0.1, 0.15) is 41.1 Å². The van der Waals surface area contributed by atoms with Gasteiger partial charge in [0.25, 0.3) is 5.91 Å². The Morgan fingerprint density at radius 3 is 2.34 bits per heavy atom. The first-order valence-corrected chi connectivity index (χ1v) is 10.6. The molecule has 4 rings (SSSR count). The summed E-state index contributed by atoms with van der Waals surface area (Å²) in [6.45, 7) is 0.0808. The molecule has 0 bridgehead atoms. The van der Waals surface area contributed by atoms with Crippen LogP contribution >= 0.6 is 0 Å². The van der Waals surface area contributed by atoms with E-state index in [2.05, 4.69) is 6.07 Å². The SMILES string of the molecule is O=C(COc1ccccc1)N(Cc1ccc(C(F)(F)F)cc1)C1CCCc2ccccc21. The number of halogens is 3. The predicted octanol–water partition coefficient (Wildman–Crippen LogP) is 6.19. The minimum atomic E-state index is -4.39. The standard InChI is InChI=1S/C26H24F3NO2/c27-26(28,29)21-15-13-19(14-16-21)17-30(25(31)18-32-22-9-2-1-3-10-22)24-12-6-8-20-7-4-5-11-23(20)24/h1-5,7,9-11,13-16,24H,6,8,12,17-18H2. The summed E-state index contributed by atoms with van der Waals surface area (Å²) in [4.78, 5) is 15.0. The number of ether oxygens (including phenoxy) is 1. The summed E-state index contributed by atoms with van der Waals surface area (Å²) < 4.78 is 44.5. The number of amides is 1. The molecule has 0 aromatic heterocycles. The number of aryl methyl sites for hydroxylation is 1. The van der Waals surface area contributed by atoms with Crippen molar-refractivity contribution in [1.82, 2.24) is 4.90 Å². The molecule has 3 aromatic carbocycles. The summed E-state index contributed by atoms with van der Waals surface area (Å²) in [5, 5.41) is 0. The topological polar surface area (TPSA) is 29.5 Å². The lowest BCUT2D eigenvalue weighted by Crippen LogP contribution is -2.39. The predicted molar refractivity (Wildman–Crippen MR) is 116 cm³/mol. The van der Waals surface area contributed by atoms with Gasteiger partial charge in [-0.05, 0) is 60.2 Å². The van der Waals surface area contributed by atoms with Crippen molar-refractivity contribution in [3.8, 4) is 5.75 Å². The molecule has 1 unspecified atom stereocenters. The van der Waals surface area contributed by atoms with E-state index in [9.17, 15) is 18.0 Å². The molecule has 0 saturated carbocycles. The van der Waals surface area contributed by atoms with E-state index in [0.717, 1.165) is 37.0 Å². The molecule has 0 aliphatic heterocycles. The van der Waals surface area contributed by atoms with Crippen LogP contribution in [0.5, 0.6) is 5.75 Å². The van der Waals surface area contributed by atoms with E-state index in [1.807, 2.05) is 36.4 Å². The van der Waals surface area contributed by atoms with E-state index in [1.54, 1.807) is 17.0 Å². The molecule has 1 aliphatic rings. The number of carbonyl (C=O) groups is 1. The van der Waals surface area contributed by atoms with Gasteiger partial charge >= 0.3 is 6.18 Å². The Morgan fingerprint density at radius 2 is 1.62 bits per heavy atom. The van der Waals surface area contributed by atoms with Gasteiger partial charge in [-0.1, -0.05) is 54.6 Å². The lowest BCUT2D eigenvalue weighted by molar-refractivity contribution is -0.138. The number of hydrogen-bond acceptors (Lipinski definition) is 2. The summed E-state index contributed by atoms with van der Waals surface area (Å²) in [6, 6.07) is 22.0. The Morgan fingerprint density at radius 1 is 0.938 bits per heavy atom. The Bertz CT molecular complexity index is 1050. The van der Waals surface area contributed by atoms with Gasteiger partial charge in [-0.3, -0.25) is 4.79 Å². The summed E-state index contributed by atoms with van der Waals surface area (Å²) in [5.74, 6) is 0.398. The zero-order valence-electron chi connectivity index (χ0n) is 17.5. The molecule has 1 aliphatic carbocycles. The molecule has 3 aromatic rings. The first-order valence-electron chi connectivity index (χ1n) is 10.6. The van der Waals surface area contributed by atoms with Crippen LogP contribution in [-0.4, -0.2) is 17.4 Å². The largest absolute Gasteiger partial charge is 0.484 e. The molecule has 0 spiro atoms. The van der Waals surface area contributed by atoms with E-state index in [4.69, 9.17) is 4.74 Å². The fourth-order valence-electron chi connectivity index (χ4n) is 4.16. The van der Waals surface area contributed by atoms with Gasteiger partial charge in [0.05, 0.1) is 11.6 Å². The van der Waals surface area contributed by atoms with Gasteiger partial charge < -0.3 is 9.64 Å². The van der Waals surface area contributed by atoms with Crippen LogP contribution < -0.4 is 4.74 Å². The highest BCUT2D eigenvalue weighted by atomic mass is 19.4. The van der Waals surface area contributed by atoms with Crippen LogP contribution in [-0.2, 0) is 23.9 Å². The number of nitrogens with zero attached hydrogens (tertiary/aromatic N) is 1. The molecule has 1 atom stereocenters. The quantitative estimate of drug-likeness (QED) is 0.458. The molecule has 166 valence electrons. The third-order valence-corrected chi connectivity index (χ3v) is 5.77. The molecule has 3 nitrogen and oxygen atoms in total. The van der Waals surface area contributed by atoms with E-state index in [0.29, 0.717) is 11.3 Å². The maximum absolute atomic E-state index is 13.3. The maximum Gasteiger partial charge on any atom is 0.416 e. The summed E-state index contributed by atoms with van der Waals surface area (Å²) in [5.41, 5.74) is 2.25. The van der Waals surface area contributed by atoms with E-state index in [-0.39, 0.29) is 25.1 Å². The van der Waals surface area contributed by atoms with E-state index < -0.39 is 11.7 Å². The van der Waals surface area contributed by atoms with Gasteiger partial charge in [0, 0.05) is 6.54 Å². The molecule has 0 fully saturated rings. The van der Waals surface area contributed by atoms with Gasteiger partial charge in [0.2, 0.25) is 0 Å². The highest BCUT2D eigenvalue weighted by molar-refractivity contribution is 5.78. The molecule has 0 heterocycles. The summed E-state index contributed by atoms with van der Waals surface area (Å²) in [6.07, 6.45) is -1.69. The van der Waals surface area contributed by atoms with Gasteiger partial charge in [0.15, 0.2) is 6.61 Å². The van der Waals surface area contributed by atoms with Crippen molar-refractivity contribution in [2.45, 2.75) is 38.0 Å². The van der Waals surface area contributed by atoms with E-state index in [1.165, 1.54) is 17.7 Å². The number of alkyl halides is 3. The molecule has 1 amide bonds. The Kier molecular flexibility index (Phi) is 6.49. The summed E-state index contributed by atoms with van der Waals surface area (Å²) in [7, 11) is 0. The smallest absolute Gasteiger partial charge is 0.416 e. The van der Waals surface area contributed by atoms with Crippen molar-refractivity contribution in [1.29, 1.82) is 0 Å². The number of para-hydroxylation sites is 1.